The second kappa shape index (κ2) is 12.4. The van der Waals surface area contributed by atoms with Crippen LogP contribution in [0, 0.1) is 5.92 Å². The van der Waals surface area contributed by atoms with E-state index < -0.39 is 49.0 Å². The van der Waals surface area contributed by atoms with Crippen LogP contribution in [0.15, 0.2) is 42.7 Å². The first-order valence-corrected chi connectivity index (χ1v) is 10.9. The molecule has 0 bridgehead atoms. The Kier molecular flexibility index (Phi) is 9.68. The van der Waals surface area contributed by atoms with Crippen molar-refractivity contribution in [3.05, 3.63) is 42.7 Å². The number of aromatic nitrogens is 1. The highest BCUT2D eigenvalue weighted by molar-refractivity contribution is 6.02. The molecular weight excluding hydrogens is 461 g/mol. The van der Waals surface area contributed by atoms with Gasteiger partial charge in [0.15, 0.2) is 23.4 Å². The first-order chi connectivity index (χ1) is 16.5. The number of carboxylic acids is 1. The number of Topliss-reactive ketones (excluding diaryl/α,β-unsaturated/α-hetero) is 1. The van der Waals surface area contributed by atoms with Gasteiger partial charge < -0.3 is 19.9 Å². The topological polar surface area (TPSA) is 135 Å². The van der Waals surface area contributed by atoms with Crippen molar-refractivity contribution >= 4 is 35.1 Å². The van der Waals surface area contributed by atoms with Gasteiger partial charge in [-0.15, -0.1) is 0 Å². The molecule has 1 aliphatic heterocycles. The molecule has 1 aliphatic rings. The predicted molar refractivity (Wildman–Crippen MR) is 125 cm³/mol. The molecule has 0 saturated heterocycles. The Bertz CT molecular complexity index is 1030. The summed E-state index contributed by atoms with van der Waals surface area (Å²) in [5.74, 6) is -1.94. The van der Waals surface area contributed by atoms with E-state index >= 15 is 0 Å². The summed E-state index contributed by atoms with van der Waals surface area (Å²) in [5.41, 5.74) is 0.706. The third-order valence-electron chi connectivity index (χ3n) is 4.37. The zero-order valence-corrected chi connectivity index (χ0v) is 19.9. The van der Waals surface area contributed by atoms with E-state index in [1.807, 2.05) is 0 Å². The van der Waals surface area contributed by atoms with Gasteiger partial charge in [0.1, 0.15) is 12.7 Å². The Labute approximate surface area is 202 Å². The second-order valence-electron chi connectivity index (χ2n) is 8.27. The summed E-state index contributed by atoms with van der Waals surface area (Å²) < 4.78 is 23.6. The minimum Gasteiger partial charge on any atom is -0.481 e. The number of halogens is 1. The number of anilines is 2. The molecular formula is C24H28FN3O7. The minimum atomic E-state index is -1.58. The Balaban J connectivity index is 0.00000100. The molecule has 188 valence electrons. The number of aliphatic carboxylic acids is 1. The average molecular weight is 490 g/mol. The number of nitrogens with zero attached hydrogens (tertiary/aromatic N) is 2. The highest BCUT2D eigenvalue weighted by Gasteiger charge is 2.33. The van der Waals surface area contributed by atoms with Gasteiger partial charge in [-0.05, 0) is 31.0 Å². The number of hydrogen-bond acceptors (Lipinski definition) is 7. The number of ether oxygens (including phenoxy) is 2. The SMILES string of the molecule is CC(C)C.CC(OC(=O)N1c2ccccc2Oc2cnccc21)C(=O)NC(CC(=O)O)C(=O)CF. The summed E-state index contributed by atoms with van der Waals surface area (Å²) >= 11 is 0. The van der Waals surface area contributed by atoms with Crippen LogP contribution >= 0.6 is 0 Å². The quantitative estimate of drug-likeness (QED) is 0.596. The standard InChI is InChI=1S/C20H18FN3O7.C4H10/c1-11(19(28)23-12(8-18(26)27)15(25)9-21)30-20(29)24-13-4-2-3-5-16(13)31-17-10-22-7-6-14(17)24;1-4(2)3/h2-7,10-12H,8-9H2,1H3,(H,23,28)(H,26,27);4H,1-3H3. The van der Waals surface area contributed by atoms with E-state index in [0.717, 1.165) is 5.92 Å². The number of carboxylic acid groups (broad SMARTS) is 1. The van der Waals surface area contributed by atoms with Crippen LogP contribution in [0.5, 0.6) is 11.5 Å². The maximum Gasteiger partial charge on any atom is 0.419 e. The Hall–Kier alpha value is -4.02. The monoisotopic (exact) mass is 489 g/mol. The molecule has 0 fully saturated rings. The van der Waals surface area contributed by atoms with Gasteiger partial charge in [-0.25, -0.2) is 14.1 Å². The third kappa shape index (κ3) is 7.49. The van der Waals surface area contributed by atoms with Gasteiger partial charge in [-0.2, -0.15) is 0 Å². The van der Waals surface area contributed by atoms with Crippen LogP contribution in [0.1, 0.15) is 34.1 Å². The summed E-state index contributed by atoms with van der Waals surface area (Å²) in [6, 6.07) is 6.61. The highest BCUT2D eigenvalue weighted by Crippen LogP contribution is 2.46. The minimum absolute atomic E-state index is 0.297. The fourth-order valence-electron chi connectivity index (χ4n) is 2.87. The number of para-hydroxylation sites is 2. The Morgan fingerprint density at radius 3 is 2.34 bits per heavy atom. The first kappa shape index (κ1) is 27.2. The largest absolute Gasteiger partial charge is 0.481 e. The number of rotatable bonds is 7. The Morgan fingerprint density at radius 2 is 1.71 bits per heavy atom. The maximum atomic E-state index is 12.9. The number of ketones is 1. The molecule has 10 nitrogen and oxygen atoms in total. The predicted octanol–water partition coefficient (Wildman–Crippen LogP) is 4.01. The van der Waals surface area contributed by atoms with E-state index in [9.17, 15) is 23.6 Å². The summed E-state index contributed by atoms with van der Waals surface area (Å²) in [4.78, 5) is 52.9. The fraction of sp³-hybridized carbons (Fsp3) is 0.375. The lowest BCUT2D eigenvalue weighted by atomic mass is 10.1. The number of benzene rings is 1. The molecule has 2 unspecified atom stereocenters. The average Bonchev–Trinajstić information content (AvgIpc) is 2.80. The normalized spacial score (nSPS) is 13.1. The van der Waals surface area contributed by atoms with E-state index in [1.165, 1.54) is 30.3 Å². The van der Waals surface area contributed by atoms with Gasteiger partial charge in [0.05, 0.1) is 24.0 Å². The van der Waals surface area contributed by atoms with Crippen LogP contribution in [-0.2, 0) is 19.1 Å². The molecule has 0 aliphatic carbocycles. The van der Waals surface area contributed by atoms with E-state index in [0.29, 0.717) is 22.9 Å². The van der Waals surface area contributed by atoms with E-state index in [4.69, 9.17) is 14.6 Å². The molecule has 2 amide bonds. The summed E-state index contributed by atoms with van der Waals surface area (Å²) in [5, 5.41) is 11.0. The molecule has 0 radical (unpaired) electrons. The number of fused-ring (bicyclic) bond motifs is 2. The van der Waals surface area contributed by atoms with Crippen LogP contribution in [0.3, 0.4) is 0 Å². The maximum absolute atomic E-state index is 12.9. The molecule has 0 spiro atoms. The zero-order valence-electron chi connectivity index (χ0n) is 19.9. The van der Waals surface area contributed by atoms with Crippen molar-refractivity contribution in [2.75, 3.05) is 11.6 Å². The van der Waals surface area contributed by atoms with Crippen molar-refractivity contribution in [1.82, 2.24) is 10.3 Å². The number of amides is 2. The molecule has 11 heteroatoms. The van der Waals surface area contributed by atoms with E-state index in [2.05, 4.69) is 31.1 Å². The molecule has 2 heterocycles. The fourth-order valence-corrected chi connectivity index (χ4v) is 2.87. The second-order valence-corrected chi connectivity index (χ2v) is 8.27. The summed E-state index contributed by atoms with van der Waals surface area (Å²) in [6.07, 6.45) is -0.257. The van der Waals surface area contributed by atoms with Crippen molar-refractivity contribution in [2.24, 2.45) is 5.92 Å². The third-order valence-corrected chi connectivity index (χ3v) is 4.37. The van der Waals surface area contributed by atoms with Gasteiger partial charge in [0.2, 0.25) is 0 Å². The van der Waals surface area contributed by atoms with Crippen LogP contribution in [0.4, 0.5) is 20.6 Å². The number of nitrogens with one attached hydrogen (secondary N) is 1. The van der Waals surface area contributed by atoms with Crippen LogP contribution < -0.4 is 15.0 Å². The molecule has 1 aromatic heterocycles. The molecule has 2 atom stereocenters. The summed E-state index contributed by atoms with van der Waals surface area (Å²) in [7, 11) is 0. The van der Waals surface area contributed by atoms with Crippen molar-refractivity contribution < 1.29 is 38.1 Å². The zero-order chi connectivity index (χ0) is 26.1. The van der Waals surface area contributed by atoms with Gasteiger partial charge in [-0.1, -0.05) is 32.9 Å². The van der Waals surface area contributed by atoms with Crippen LogP contribution in [0.2, 0.25) is 0 Å². The lowest BCUT2D eigenvalue weighted by Crippen LogP contribution is -2.48. The molecule has 0 saturated carbocycles. The summed E-state index contributed by atoms with van der Waals surface area (Å²) in [6.45, 7) is 6.30. The lowest BCUT2D eigenvalue weighted by molar-refractivity contribution is -0.141. The Morgan fingerprint density at radius 1 is 1.09 bits per heavy atom. The number of hydrogen-bond donors (Lipinski definition) is 2. The smallest absolute Gasteiger partial charge is 0.419 e. The van der Waals surface area contributed by atoms with Gasteiger partial charge >= 0.3 is 12.1 Å². The van der Waals surface area contributed by atoms with Crippen molar-refractivity contribution in [3.8, 4) is 11.5 Å². The van der Waals surface area contributed by atoms with Gasteiger partial charge in [0.25, 0.3) is 5.91 Å². The first-order valence-electron chi connectivity index (χ1n) is 10.9. The van der Waals surface area contributed by atoms with Gasteiger partial charge in [0, 0.05) is 6.20 Å². The molecule has 3 rings (SSSR count). The number of alkyl halides is 1. The number of carbonyl (C=O) groups excluding carboxylic acids is 3. The van der Waals surface area contributed by atoms with E-state index in [-0.39, 0.29) is 0 Å². The number of carbonyl (C=O) groups is 4. The number of pyridine rings is 1. The van der Waals surface area contributed by atoms with E-state index in [1.54, 1.807) is 24.3 Å². The molecule has 1 aromatic carbocycles. The molecule has 2 aromatic rings. The highest BCUT2D eigenvalue weighted by atomic mass is 19.1. The van der Waals surface area contributed by atoms with Crippen molar-refractivity contribution in [1.29, 1.82) is 0 Å². The van der Waals surface area contributed by atoms with Crippen molar-refractivity contribution in [2.45, 2.75) is 46.3 Å². The lowest BCUT2D eigenvalue weighted by Gasteiger charge is -2.30. The van der Waals surface area contributed by atoms with Crippen LogP contribution in [0.25, 0.3) is 0 Å². The van der Waals surface area contributed by atoms with Crippen LogP contribution in [-0.4, -0.2) is 52.7 Å². The van der Waals surface area contributed by atoms with Crippen molar-refractivity contribution in [3.63, 3.8) is 0 Å². The molecule has 35 heavy (non-hydrogen) atoms. The van der Waals surface area contributed by atoms with Gasteiger partial charge in [-0.3, -0.25) is 19.4 Å². The molecule has 2 N–H and O–H groups in total.